The third-order valence-electron chi connectivity index (χ3n) is 2.04. The van der Waals surface area contributed by atoms with Gasteiger partial charge in [0.1, 0.15) is 24.4 Å². The van der Waals surface area contributed by atoms with Crippen LogP contribution in [0.4, 0.5) is 0 Å². The predicted octanol–water partition coefficient (Wildman–Crippen LogP) is -3.01. The number of hydrogen-bond donors (Lipinski definition) is 4. The van der Waals surface area contributed by atoms with Crippen molar-refractivity contribution in [3.05, 3.63) is 10.1 Å². The fourth-order valence-electron chi connectivity index (χ4n) is 1.24. The van der Waals surface area contributed by atoms with Gasteiger partial charge in [-0.1, -0.05) is 0 Å². The number of nitrogens with zero attached hydrogens (tertiary/aromatic N) is 1. The molecule has 0 aromatic carbocycles. The van der Waals surface area contributed by atoms with E-state index >= 15 is 0 Å². The zero-order chi connectivity index (χ0) is 11.6. The van der Waals surface area contributed by atoms with E-state index in [-0.39, 0.29) is 0 Å². The first kappa shape index (κ1) is 12.1. The molecule has 1 fully saturated rings. The van der Waals surface area contributed by atoms with E-state index in [0.717, 1.165) is 0 Å². The third-order valence-corrected chi connectivity index (χ3v) is 2.04. The molecule has 0 aromatic heterocycles. The van der Waals surface area contributed by atoms with Crippen LogP contribution in [0, 0.1) is 10.1 Å². The number of aliphatic hydroxyl groups excluding tert-OH is 4. The van der Waals surface area contributed by atoms with Crippen molar-refractivity contribution in [3.8, 4) is 0 Å². The average molecular weight is 225 g/mol. The average Bonchev–Trinajstić information content (AvgIpc) is 2.18. The van der Waals surface area contributed by atoms with Crippen LogP contribution in [0.5, 0.6) is 0 Å². The van der Waals surface area contributed by atoms with E-state index in [4.69, 9.17) is 5.11 Å². The smallest absolute Gasteiger partial charge is 0.297 e. The van der Waals surface area contributed by atoms with Crippen LogP contribution in [0.15, 0.2) is 0 Å². The summed E-state index contributed by atoms with van der Waals surface area (Å²) in [5, 5.41) is 45.2. The van der Waals surface area contributed by atoms with E-state index in [1.165, 1.54) is 0 Å². The highest BCUT2D eigenvalue weighted by molar-refractivity contribution is 4.88. The summed E-state index contributed by atoms with van der Waals surface area (Å²) in [6.45, 7) is -0.664. The van der Waals surface area contributed by atoms with Gasteiger partial charge in [-0.3, -0.25) is 4.84 Å². The van der Waals surface area contributed by atoms with Crippen molar-refractivity contribution >= 4 is 0 Å². The lowest BCUT2D eigenvalue weighted by Crippen LogP contribution is -2.59. The summed E-state index contributed by atoms with van der Waals surface area (Å²) in [6, 6.07) is 0. The van der Waals surface area contributed by atoms with Crippen LogP contribution in [0.3, 0.4) is 0 Å². The van der Waals surface area contributed by atoms with E-state index in [9.17, 15) is 25.4 Å². The van der Waals surface area contributed by atoms with Crippen molar-refractivity contribution in [1.29, 1.82) is 0 Å². The molecule has 1 saturated heterocycles. The molecular weight excluding hydrogens is 214 g/mol. The maximum absolute atomic E-state index is 9.98. The fraction of sp³-hybridized carbons (Fsp3) is 1.00. The van der Waals surface area contributed by atoms with Crippen LogP contribution >= 0.6 is 0 Å². The third kappa shape index (κ3) is 2.52. The molecule has 0 spiro atoms. The van der Waals surface area contributed by atoms with Crippen molar-refractivity contribution in [2.24, 2.45) is 0 Å². The van der Waals surface area contributed by atoms with Crippen molar-refractivity contribution < 1.29 is 35.1 Å². The van der Waals surface area contributed by atoms with Gasteiger partial charge in [0.25, 0.3) is 5.09 Å². The molecule has 9 nitrogen and oxygen atoms in total. The monoisotopic (exact) mass is 225 g/mol. The topological polar surface area (TPSA) is 143 Å². The molecule has 1 rings (SSSR count). The van der Waals surface area contributed by atoms with E-state index in [1.54, 1.807) is 0 Å². The van der Waals surface area contributed by atoms with Gasteiger partial charge in [-0.25, -0.2) is 0 Å². The summed E-state index contributed by atoms with van der Waals surface area (Å²) in [4.78, 5) is 13.9. The van der Waals surface area contributed by atoms with Gasteiger partial charge in [0, 0.05) is 0 Å². The number of aliphatic hydroxyl groups is 4. The Morgan fingerprint density at radius 2 is 1.87 bits per heavy atom. The first-order valence-electron chi connectivity index (χ1n) is 4.09. The molecule has 1 heterocycles. The van der Waals surface area contributed by atoms with Crippen LogP contribution < -0.4 is 0 Å². The first-order chi connectivity index (χ1) is 6.97. The molecule has 9 heteroatoms. The summed E-state index contributed by atoms with van der Waals surface area (Å²) < 4.78 is 4.67. The number of rotatable bonds is 3. The molecule has 0 aromatic rings. The highest BCUT2D eigenvalue weighted by atomic mass is 17.0. The van der Waals surface area contributed by atoms with Gasteiger partial charge in [-0.15, -0.1) is 10.1 Å². The van der Waals surface area contributed by atoms with Gasteiger partial charge in [-0.2, -0.15) is 0 Å². The standard InChI is InChI=1S/C6H11NO8/c8-1-2-3(9)4(10)5(11)6(14-2)15-7(12)13/h2-6,8-11H,1H2/t2-,3+,4+,5-,6+/m1/s1. The SMILES string of the molecule is O=[N+]([O-])O[C@@H]1O[C@H](CO)[C@H](O)[C@H](O)[C@H]1O. The van der Waals surface area contributed by atoms with Crippen molar-refractivity contribution in [2.75, 3.05) is 6.61 Å². The van der Waals surface area contributed by atoms with Gasteiger partial charge < -0.3 is 25.2 Å². The Bertz CT molecular complexity index is 233. The normalized spacial score (nSPS) is 41.2. The van der Waals surface area contributed by atoms with E-state index in [1.807, 2.05) is 0 Å². The second kappa shape index (κ2) is 4.68. The lowest BCUT2D eigenvalue weighted by atomic mass is 9.99. The number of ether oxygens (including phenoxy) is 1. The van der Waals surface area contributed by atoms with Crippen LogP contribution in [0.1, 0.15) is 0 Å². The molecule has 5 atom stereocenters. The van der Waals surface area contributed by atoms with Crippen molar-refractivity contribution in [1.82, 2.24) is 0 Å². The molecule has 0 saturated carbocycles. The Hall–Kier alpha value is -1.00. The van der Waals surface area contributed by atoms with Crippen molar-refractivity contribution in [3.63, 3.8) is 0 Å². The quantitative estimate of drug-likeness (QED) is 0.294. The Labute approximate surface area is 83.6 Å². The molecule has 1 aliphatic rings. The lowest BCUT2D eigenvalue weighted by molar-refractivity contribution is -0.785. The largest absolute Gasteiger partial charge is 0.394 e. The summed E-state index contributed by atoms with van der Waals surface area (Å²) >= 11 is 0. The van der Waals surface area contributed by atoms with Crippen LogP contribution in [0.25, 0.3) is 0 Å². The first-order valence-corrected chi connectivity index (χ1v) is 4.09. The van der Waals surface area contributed by atoms with E-state index in [0.29, 0.717) is 0 Å². The second-order valence-corrected chi connectivity index (χ2v) is 3.03. The second-order valence-electron chi connectivity index (χ2n) is 3.03. The minimum atomic E-state index is -1.76. The summed E-state index contributed by atoms with van der Waals surface area (Å²) in [5.74, 6) is 0. The molecule has 0 amide bonds. The lowest BCUT2D eigenvalue weighted by Gasteiger charge is -2.38. The van der Waals surface area contributed by atoms with Gasteiger partial charge in [0.05, 0.1) is 6.61 Å². The molecule has 0 aliphatic carbocycles. The molecule has 1 aliphatic heterocycles. The minimum Gasteiger partial charge on any atom is -0.394 e. The Morgan fingerprint density at radius 3 is 2.33 bits per heavy atom. The highest BCUT2D eigenvalue weighted by Crippen LogP contribution is 2.21. The Kier molecular flexibility index (Phi) is 3.77. The molecular formula is C6H11NO8. The van der Waals surface area contributed by atoms with Crippen LogP contribution in [-0.4, -0.2) is 62.8 Å². The van der Waals surface area contributed by atoms with Gasteiger partial charge in [0.15, 0.2) is 0 Å². The maximum Gasteiger partial charge on any atom is 0.297 e. The molecule has 15 heavy (non-hydrogen) atoms. The minimum absolute atomic E-state index is 0.664. The zero-order valence-electron chi connectivity index (χ0n) is 7.46. The van der Waals surface area contributed by atoms with Crippen LogP contribution in [0.2, 0.25) is 0 Å². The zero-order valence-corrected chi connectivity index (χ0v) is 7.46. The molecule has 0 unspecified atom stereocenters. The van der Waals surface area contributed by atoms with E-state index in [2.05, 4.69) is 9.57 Å². The van der Waals surface area contributed by atoms with Gasteiger partial charge in [0.2, 0.25) is 6.29 Å². The fourth-order valence-corrected chi connectivity index (χ4v) is 1.24. The van der Waals surface area contributed by atoms with Crippen LogP contribution in [-0.2, 0) is 9.57 Å². The number of hydrogen-bond acceptors (Lipinski definition) is 8. The summed E-state index contributed by atoms with van der Waals surface area (Å²) in [7, 11) is 0. The molecule has 4 N–H and O–H groups in total. The molecule has 88 valence electrons. The van der Waals surface area contributed by atoms with Gasteiger partial charge in [-0.05, 0) is 0 Å². The summed E-state index contributed by atoms with van der Waals surface area (Å²) in [6.07, 6.45) is -7.94. The van der Waals surface area contributed by atoms with Gasteiger partial charge >= 0.3 is 0 Å². The predicted molar refractivity (Wildman–Crippen MR) is 41.8 cm³/mol. The molecule has 0 radical (unpaired) electrons. The summed E-state index contributed by atoms with van der Waals surface area (Å²) in [5.41, 5.74) is 0. The van der Waals surface area contributed by atoms with Crippen molar-refractivity contribution in [2.45, 2.75) is 30.7 Å². The molecule has 0 bridgehead atoms. The Balaban J connectivity index is 2.69. The Morgan fingerprint density at radius 1 is 1.27 bits per heavy atom. The highest BCUT2D eigenvalue weighted by Gasteiger charge is 2.45. The van der Waals surface area contributed by atoms with E-state index < -0.39 is 42.4 Å². The maximum atomic E-state index is 9.98.